The minimum Gasteiger partial charge on any atom is -0.333 e. The molecule has 38 heavy (non-hydrogen) atoms. The second-order valence-electron chi connectivity index (χ2n) is 10.5. The van der Waals surface area contributed by atoms with Crippen LogP contribution in [-0.4, -0.2) is 55.4 Å². The Morgan fingerprint density at radius 2 is 1.87 bits per heavy atom. The maximum atomic E-state index is 13.2. The molecule has 0 saturated carbocycles. The summed E-state index contributed by atoms with van der Waals surface area (Å²) >= 11 is 6.45. The Morgan fingerprint density at radius 3 is 2.55 bits per heavy atom. The van der Waals surface area contributed by atoms with Crippen LogP contribution in [0.5, 0.6) is 0 Å². The number of aromatic amines is 1. The molecule has 4 aromatic rings. The molecule has 0 spiro atoms. The number of likely N-dealkylation sites (tertiary alicyclic amines) is 1. The third-order valence-electron chi connectivity index (χ3n) is 6.21. The number of halogens is 1. The van der Waals surface area contributed by atoms with Crippen LogP contribution in [0.1, 0.15) is 31.3 Å². The lowest BCUT2D eigenvalue weighted by Gasteiger charge is -2.40. The lowest BCUT2D eigenvalue weighted by molar-refractivity contribution is 0.101. The molecular weight excluding hydrogens is 506 g/mol. The molecule has 1 saturated heterocycles. The number of aromatic nitrogens is 4. The van der Waals surface area contributed by atoms with Crippen LogP contribution in [0.2, 0.25) is 5.02 Å². The van der Waals surface area contributed by atoms with E-state index in [1.54, 1.807) is 29.2 Å². The van der Waals surface area contributed by atoms with Crippen LogP contribution < -0.4 is 16.2 Å². The Bertz CT molecular complexity index is 1560. The lowest BCUT2D eigenvalue weighted by atomic mass is 10.0. The number of hydrogen-bond acceptors (Lipinski definition) is 5. The van der Waals surface area contributed by atoms with E-state index in [1.807, 2.05) is 49.7 Å². The summed E-state index contributed by atoms with van der Waals surface area (Å²) < 4.78 is 1.84. The number of hydrogen-bond donors (Lipinski definition) is 3. The summed E-state index contributed by atoms with van der Waals surface area (Å²) in [4.78, 5) is 38.7. The van der Waals surface area contributed by atoms with Gasteiger partial charge in [-0.1, -0.05) is 29.8 Å². The number of benzene rings is 2. The first kappa shape index (κ1) is 25.5. The summed E-state index contributed by atoms with van der Waals surface area (Å²) in [6, 6.07) is 15.6. The van der Waals surface area contributed by atoms with Crippen molar-refractivity contribution >= 4 is 40.1 Å². The van der Waals surface area contributed by atoms with Crippen molar-refractivity contribution in [3.8, 4) is 11.3 Å². The second kappa shape index (κ2) is 9.94. The van der Waals surface area contributed by atoms with E-state index >= 15 is 0 Å². The number of fused-ring (bicyclic) bond motifs is 1. The van der Waals surface area contributed by atoms with Crippen LogP contribution in [0.15, 0.2) is 59.4 Å². The fraction of sp³-hybridized carbons (Fsp3) is 0.296. The van der Waals surface area contributed by atoms with Gasteiger partial charge in [0.2, 0.25) is 0 Å². The predicted molar refractivity (Wildman–Crippen MR) is 146 cm³/mol. The molecule has 0 bridgehead atoms. The van der Waals surface area contributed by atoms with Crippen LogP contribution in [0.4, 0.5) is 10.5 Å². The molecule has 3 amide bonds. The van der Waals surface area contributed by atoms with Gasteiger partial charge in [-0.05, 0) is 51.1 Å². The first-order chi connectivity index (χ1) is 18.1. The van der Waals surface area contributed by atoms with E-state index in [0.29, 0.717) is 47.3 Å². The minimum atomic E-state index is -0.356. The number of amides is 3. The molecule has 10 nitrogen and oxygen atoms in total. The number of anilines is 1. The molecule has 11 heteroatoms. The zero-order chi connectivity index (χ0) is 27.0. The van der Waals surface area contributed by atoms with Gasteiger partial charge in [0.15, 0.2) is 5.69 Å². The molecule has 2 aromatic carbocycles. The molecule has 1 aliphatic heterocycles. The summed E-state index contributed by atoms with van der Waals surface area (Å²) in [5.41, 5.74) is 2.22. The highest BCUT2D eigenvalue weighted by atomic mass is 35.5. The highest BCUT2D eigenvalue weighted by Gasteiger charge is 2.33. The van der Waals surface area contributed by atoms with Crippen molar-refractivity contribution in [2.45, 2.75) is 32.9 Å². The summed E-state index contributed by atoms with van der Waals surface area (Å²) in [5.74, 6) is -0.112. The molecule has 0 radical (unpaired) electrons. The number of nitrogens with one attached hydrogen (secondary N) is 3. The van der Waals surface area contributed by atoms with E-state index in [1.165, 1.54) is 6.07 Å². The third-order valence-corrected chi connectivity index (χ3v) is 6.53. The van der Waals surface area contributed by atoms with Crippen molar-refractivity contribution < 1.29 is 9.59 Å². The van der Waals surface area contributed by atoms with Gasteiger partial charge in [0.05, 0.1) is 16.2 Å². The maximum absolute atomic E-state index is 13.2. The third kappa shape index (κ3) is 5.40. The highest BCUT2D eigenvalue weighted by molar-refractivity contribution is 6.33. The van der Waals surface area contributed by atoms with Gasteiger partial charge in [0.25, 0.3) is 11.5 Å². The highest BCUT2D eigenvalue weighted by Crippen LogP contribution is 2.29. The number of rotatable bonds is 5. The summed E-state index contributed by atoms with van der Waals surface area (Å²) in [6.07, 6.45) is 0. The van der Waals surface area contributed by atoms with E-state index in [2.05, 4.69) is 25.9 Å². The quantitative estimate of drug-likeness (QED) is 0.355. The molecule has 1 fully saturated rings. The molecule has 1 aliphatic rings. The standard InChI is InChI=1S/C27H28ClN7O3/c1-27(2,3)30-26(38)34-13-16(14-34)15-35-22-7-5-4-6-19(22)24(33-35)25(37)29-17-8-9-18(20(28)12-17)21-10-11-23(36)32-31-21/h4-12,16H,13-15H2,1-3H3,(H,29,37)(H,30,38)(H,32,36). The molecule has 5 rings (SSSR count). The lowest BCUT2D eigenvalue weighted by Crippen LogP contribution is -2.57. The van der Waals surface area contributed by atoms with E-state index in [4.69, 9.17) is 11.6 Å². The van der Waals surface area contributed by atoms with Gasteiger partial charge in [-0.15, -0.1) is 0 Å². The van der Waals surface area contributed by atoms with Crippen LogP contribution in [-0.2, 0) is 6.54 Å². The molecule has 0 unspecified atom stereocenters. The van der Waals surface area contributed by atoms with E-state index < -0.39 is 0 Å². The van der Waals surface area contributed by atoms with Gasteiger partial charge >= 0.3 is 6.03 Å². The number of carbonyl (C=O) groups is 2. The molecule has 0 atom stereocenters. The Hall–Kier alpha value is -4.18. The maximum Gasteiger partial charge on any atom is 0.317 e. The zero-order valence-electron chi connectivity index (χ0n) is 21.3. The van der Waals surface area contributed by atoms with E-state index in [0.717, 1.165) is 10.9 Å². The number of carbonyl (C=O) groups excluding carboxylic acids is 2. The summed E-state index contributed by atoms with van der Waals surface area (Å²) in [6.45, 7) is 7.72. The second-order valence-corrected chi connectivity index (χ2v) is 10.9. The number of para-hydroxylation sites is 1. The predicted octanol–water partition coefficient (Wildman–Crippen LogP) is 4.13. The molecule has 3 heterocycles. The zero-order valence-corrected chi connectivity index (χ0v) is 22.0. The number of H-pyrrole nitrogens is 1. The van der Waals surface area contributed by atoms with Gasteiger partial charge in [0.1, 0.15) is 0 Å². The SMILES string of the molecule is CC(C)(C)NC(=O)N1CC(Cn2nc(C(=O)Nc3ccc(-c4ccc(=O)[nH]n4)c(Cl)c3)c3ccccc32)C1. The topological polar surface area (TPSA) is 125 Å². The first-order valence-corrected chi connectivity index (χ1v) is 12.6. The smallest absolute Gasteiger partial charge is 0.317 e. The molecule has 2 aromatic heterocycles. The van der Waals surface area contributed by atoms with Gasteiger partial charge in [0, 0.05) is 53.8 Å². The van der Waals surface area contributed by atoms with Crippen molar-refractivity contribution in [1.82, 2.24) is 30.2 Å². The van der Waals surface area contributed by atoms with Gasteiger partial charge in [-0.2, -0.15) is 10.2 Å². The molecule has 196 valence electrons. The van der Waals surface area contributed by atoms with Gasteiger partial charge in [-0.25, -0.2) is 9.89 Å². The average Bonchev–Trinajstić information content (AvgIpc) is 3.19. The first-order valence-electron chi connectivity index (χ1n) is 12.3. The largest absolute Gasteiger partial charge is 0.333 e. The molecule has 0 aliphatic carbocycles. The van der Waals surface area contributed by atoms with Crippen LogP contribution in [0.25, 0.3) is 22.2 Å². The number of urea groups is 1. The van der Waals surface area contributed by atoms with Gasteiger partial charge < -0.3 is 15.5 Å². The number of nitrogens with zero attached hydrogens (tertiary/aromatic N) is 4. The van der Waals surface area contributed by atoms with Gasteiger partial charge in [-0.3, -0.25) is 14.3 Å². The Morgan fingerprint density at radius 1 is 1.11 bits per heavy atom. The van der Waals surface area contributed by atoms with E-state index in [-0.39, 0.29) is 29.0 Å². The molecular formula is C27H28ClN7O3. The van der Waals surface area contributed by atoms with Crippen molar-refractivity contribution in [1.29, 1.82) is 0 Å². The normalized spacial score (nSPS) is 13.8. The fourth-order valence-corrected chi connectivity index (χ4v) is 4.69. The van der Waals surface area contributed by atoms with Crippen molar-refractivity contribution in [3.63, 3.8) is 0 Å². The Labute approximate surface area is 224 Å². The minimum absolute atomic E-state index is 0.0693. The Balaban J connectivity index is 1.30. The van der Waals surface area contributed by atoms with Crippen molar-refractivity contribution in [2.75, 3.05) is 18.4 Å². The van der Waals surface area contributed by atoms with Crippen LogP contribution in [0.3, 0.4) is 0 Å². The summed E-state index contributed by atoms with van der Waals surface area (Å²) in [5, 5.41) is 18.0. The van der Waals surface area contributed by atoms with Crippen LogP contribution in [0, 0.1) is 5.92 Å². The fourth-order valence-electron chi connectivity index (χ4n) is 4.42. The molecule has 3 N–H and O–H groups in total. The summed E-state index contributed by atoms with van der Waals surface area (Å²) in [7, 11) is 0. The van der Waals surface area contributed by atoms with E-state index in [9.17, 15) is 14.4 Å². The average molecular weight is 534 g/mol. The van der Waals surface area contributed by atoms with Crippen molar-refractivity contribution in [3.05, 3.63) is 75.7 Å². The van der Waals surface area contributed by atoms with Crippen molar-refractivity contribution in [2.24, 2.45) is 5.92 Å². The van der Waals surface area contributed by atoms with Crippen LogP contribution >= 0.6 is 11.6 Å². The Kier molecular flexibility index (Phi) is 6.66. The monoisotopic (exact) mass is 533 g/mol.